The van der Waals surface area contributed by atoms with Crippen molar-refractivity contribution in [3.63, 3.8) is 0 Å². The van der Waals surface area contributed by atoms with E-state index < -0.39 is 14.9 Å². The summed E-state index contributed by atoms with van der Waals surface area (Å²) in [6.07, 6.45) is 1.95. The molecule has 1 aliphatic rings. The molecule has 1 aliphatic carbocycles. The maximum Gasteiger partial charge on any atom is 0.269 e. The van der Waals surface area contributed by atoms with Crippen LogP contribution in [0.1, 0.15) is 12.8 Å². The first-order valence-corrected chi connectivity index (χ1v) is 7.39. The highest BCUT2D eigenvalue weighted by Crippen LogP contribution is 2.32. The molecular formula is C11H15N3O4S. The fourth-order valence-corrected chi connectivity index (χ4v) is 3.17. The highest BCUT2D eigenvalue weighted by Gasteiger charge is 2.33. The van der Waals surface area contributed by atoms with Crippen molar-refractivity contribution >= 4 is 15.7 Å². The van der Waals surface area contributed by atoms with E-state index in [-0.39, 0.29) is 23.2 Å². The van der Waals surface area contributed by atoms with E-state index in [1.54, 1.807) is 0 Å². The summed E-state index contributed by atoms with van der Waals surface area (Å²) < 4.78 is 26.7. The monoisotopic (exact) mass is 285 g/mol. The molecule has 104 valence electrons. The molecule has 0 spiro atoms. The minimum atomic E-state index is -3.67. The summed E-state index contributed by atoms with van der Waals surface area (Å²) in [5, 5.41) is 10.5. The third-order valence-corrected chi connectivity index (χ3v) is 4.62. The van der Waals surface area contributed by atoms with E-state index in [0.29, 0.717) is 5.92 Å². The number of non-ortho nitro benzene ring substituents is 1. The van der Waals surface area contributed by atoms with E-state index in [1.807, 2.05) is 0 Å². The molecule has 1 saturated carbocycles. The van der Waals surface area contributed by atoms with Crippen molar-refractivity contribution in [3.8, 4) is 0 Å². The molecular weight excluding hydrogens is 270 g/mol. The van der Waals surface area contributed by atoms with Crippen LogP contribution < -0.4 is 10.5 Å². The Labute approximate surface area is 111 Å². The van der Waals surface area contributed by atoms with Gasteiger partial charge >= 0.3 is 0 Å². The van der Waals surface area contributed by atoms with Crippen LogP contribution in [0.2, 0.25) is 0 Å². The normalized spacial score (nSPS) is 17.1. The lowest BCUT2D eigenvalue weighted by atomic mass is 10.2. The van der Waals surface area contributed by atoms with Gasteiger partial charge in [0.2, 0.25) is 10.0 Å². The number of nitro groups is 1. The number of hydrogen-bond acceptors (Lipinski definition) is 5. The van der Waals surface area contributed by atoms with Crippen LogP contribution >= 0.6 is 0 Å². The fraction of sp³-hybridized carbons (Fsp3) is 0.455. The largest absolute Gasteiger partial charge is 0.329 e. The molecule has 2 rings (SSSR count). The maximum atomic E-state index is 12.1. The van der Waals surface area contributed by atoms with Crippen LogP contribution in [0.3, 0.4) is 0 Å². The predicted molar refractivity (Wildman–Crippen MR) is 69.0 cm³/mol. The van der Waals surface area contributed by atoms with Crippen molar-refractivity contribution in [2.75, 3.05) is 6.54 Å². The van der Waals surface area contributed by atoms with E-state index in [0.717, 1.165) is 12.8 Å². The number of nitrogens with one attached hydrogen (secondary N) is 1. The standard InChI is InChI=1S/C11H15N3O4S/c12-7-11(8-1-2-8)13-19(17,18)10-5-3-9(4-6-10)14(15)16/h3-6,8,11,13H,1-2,7,12H2. The molecule has 0 bridgehead atoms. The van der Waals surface area contributed by atoms with E-state index in [1.165, 1.54) is 24.3 Å². The number of rotatable bonds is 6. The summed E-state index contributed by atoms with van der Waals surface area (Å²) in [6, 6.07) is 4.52. The van der Waals surface area contributed by atoms with Crippen LogP contribution in [-0.2, 0) is 10.0 Å². The quantitative estimate of drug-likeness (QED) is 0.587. The molecule has 0 heterocycles. The fourth-order valence-electron chi connectivity index (χ4n) is 1.85. The Kier molecular flexibility index (Phi) is 3.83. The lowest BCUT2D eigenvalue weighted by Gasteiger charge is -2.16. The second-order valence-electron chi connectivity index (χ2n) is 4.55. The number of nitro benzene ring substituents is 1. The Morgan fingerprint density at radius 1 is 1.37 bits per heavy atom. The topological polar surface area (TPSA) is 115 Å². The Morgan fingerprint density at radius 2 is 1.95 bits per heavy atom. The molecule has 0 amide bonds. The van der Waals surface area contributed by atoms with Crippen LogP contribution in [0.5, 0.6) is 0 Å². The molecule has 0 saturated heterocycles. The molecule has 0 radical (unpaired) electrons. The van der Waals surface area contributed by atoms with Crippen molar-refractivity contribution in [3.05, 3.63) is 34.4 Å². The summed E-state index contributed by atoms with van der Waals surface area (Å²) in [5.74, 6) is 0.304. The molecule has 7 nitrogen and oxygen atoms in total. The molecule has 3 N–H and O–H groups in total. The molecule has 1 unspecified atom stereocenters. The van der Waals surface area contributed by atoms with Crippen LogP contribution in [0.15, 0.2) is 29.2 Å². The summed E-state index contributed by atoms with van der Waals surface area (Å²) in [4.78, 5) is 9.95. The van der Waals surface area contributed by atoms with E-state index >= 15 is 0 Å². The van der Waals surface area contributed by atoms with E-state index in [2.05, 4.69) is 4.72 Å². The molecule has 19 heavy (non-hydrogen) atoms. The van der Waals surface area contributed by atoms with Gasteiger partial charge in [0.1, 0.15) is 0 Å². The third-order valence-electron chi connectivity index (χ3n) is 3.11. The lowest BCUT2D eigenvalue weighted by molar-refractivity contribution is -0.384. The van der Waals surface area contributed by atoms with Gasteiger partial charge in [-0.25, -0.2) is 13.1 Å². The van der Waals surface area contributed by atoms with Crippen LogP contribution in [0.25, 0.3) is 0 Å². The molecule has 1 fully saturated rings. The van der Waals surface area contributed by atoms with Gasteiger partial charge in [-0.2, -0.15) is 0 Å². The van der Waals surface area contributed by atoms with Crippen molar-refractivity contribution in [1.29, 1.82) is 0 Å². The maximum absolute atomic E-state index is 12.1. The van der Waals surface area contributed by atoms with Crippen LogP contribution in [0, 0.1) is 16.0 Å². The predicted octanol–water partition coefficient (Wildman–Crippen LogP) is 0.610. The van der Waals surface area contributed by atoms with Crippen LogP contribution in [0.4, 0.5) is 5.69 Å². The Hall–Kier alpha value is -1.51. The highest BCUT2D eigenvalue weighted by atomic mass is 32.2. The molecule has 1 aromatic rings. The molecule has 0 aliphatic heterocycles. The van der Waals surface area contributed by atoms with Crippen molar-refractivity contribution in [2.45, 2.75) is 23.8 Å². The lowest BCUT2D eigenvalue weighted by Crippen LogP contribution is -2.41. The Morgan fingerprint density at radius 3 is 2.37 bits per heavy atom. The SMILES string of the molecule is NCC(NS(=O)(=O)c1ccc([N+](=O)[O-])cc1)C1CC1. The smallest absolute Gasteiger partial charge is 0.269 e. The molecule has 1 aromatic carbocycles. The zero-order valence-electron chi connectivity index (χ0n) is 10.2. The van der Waals surface area contributed by atoms with Gasteiger partial charge < -0.3 is 5.73 Å². The third kappa shape index (κ3) is 3.28. The minimum Gasteiger partial charge on any atom is -0.329 e. The first kappa shape index (κ1) is 13.9. The van der Waals surface area contributed by atoms with Gasteiger partial charge in [0.05, 0.1) is 9.82 Å². The first-order chi connectivity index (χ1) is 8.94. The number of benzene rings is 1. The molecule has 0 aromatic heterocycles. The Balaban J connectivity index is 2.16. The zero-order chi connectivity index (χ0) is 14.0. The summed E-state index contributed by atoms with van der Waals surface area (Å²) in [5.41, 5.74) is 5.40. The summed E-state index contributed by atoms with van der Waals surface area (Å²) >= 11 is 0. The second-order valence-corrected chi connectivity index (χ2v) is 6.27. The number of nitrogens with two attached hydrogens (primary N) is 1. The van der Waals surface area contributed by atoms with E-state index in [4.69, 9.17) is 5.73 Å². The number of hydrogen-bond donors (Lipinski definition) is 2. The highest BCUT2D eigenvalue weighted by molar-refractivity contribution is 7.89. The van der Waals surface area contributed by atoms with Crippen molar-refractivity contribution in [2.24, 2.45) is 11.7 Å². The van der Waals surface area contributed by atoms with Gasteiger partial charge in [-0.1, -0.05) is 0 Å². The average Bonchev–Trinajstić information content (AvgIpc) is 3.20. The van der Waals surface area contributed by atoms with Gasteiger partial charge in [0.15, 0.2) is 0 Å². The van der Waals surface area contributed by atoms with Gasteiger partial charge in [-0.05, 0) is 30.9 Å². The summed E-state index contributed by atoms with van der Waals surface area (Å²) in [6.45, 7) is 0.247. The first-order valence-electron chi connectivity index (χ1n) is 5.91. The van der Waals surface area contributed by atoms with Crippen molar-refractivity contribution < 1.29 is 13.3 Å². The van der Waals surface area contributed by atoms with Gasteiger partial charge in [-0.15, -0.1) is 0 Å². The molecule has 1 atom stereocenters. The molecule has 8 heteroatoms. The number of nitrogens with zero attached hydrogens (tertiary/aromatic N) is 1. The zero-order valence-corrected chi connectivity index (χ0v) is 11.0. The van der Waals surface area contributed by atoms with Crippen molar-refractivity contribution in [1.82, 2.24) is 4.72 Å². The average molecular weight is 285 g/mol. The number of sulfonamides is 1. The van der Waals surface area contributed by atoms with E-state index in [9.17, 15) is 18.5 Å². The Bertz CT molecular complexity index is 566. The van der Waals surface area contributed by atoms with Gasteiger partial charge in [0.25, 0.3) is 5.69 Å². The minimum absolute atomic E-state index is 0.0113. The van der Waals surface area contributed by atoms with Gasteiger partial charge in [-0.3, -0.25) is 10.1 Å². The van der Waals surface area contributed by atoms with Crippen LogP contribution in [-0.4, -0.2) is 25.9 Å². The van der Waals surface area contributed by atoms with Gasteiger partial charge in [0, 0.05) is 24.7 Å². The summed E-state index contributed by atoms with van der Waals surface area (Å²) in [7, 11) is -3.67. The second kappa shape index (κ2) is 5.24.